The van der Waals surface area contributed by atoms with Gasteiger partial charge in [0.25, 0.3) is 0 Å². The number of anilines is 1. The van der Waals surface area contributed by atoms with Crippen LogP contribution < -0.4 is 5.32 Å². The Morgan fingerprint density at radius 1 is 1.50 bits per heavy atom. The van der Waals surface area contributed by atoms with E-state index in [4.69, 9.17) is 0 Å². The van der Waals surface area contributed by atoms with Crippen LogP contribution >= 0.6 is 0 Å². The Morgan fingerprint density at radius 2 is 2.33 bits per heavy atom. The van der Waals surface area contributed by atoms with Crippen LogP contribution in [0.25, 0.3) is 0 Å². The minimum Gasteiger partial charge on any atom is -0.384 e. The van der Waals surface area contributed by atoms with Gasteiger partial charge in [-0.05, 0) is 24.1 Å². The molecule has 64 valence electrons. The molecule has 1 aromatic carbocycles. The van der Waals surface area contributed by atoms with Gasteiger partial charge in [-0.3, -0.25) is 4.21 Å². The zero-order valence-corrected chi connectivity index (χ0v) is 7.78. The van der Waals surface area contributed by atoms with Gasteiger partial charge in [0.2, 0.25) is 0 Å². The summed E-state index contributed by atoms with van der Waals surface area (Å²) in [4.78, 5) is 0.906. The van der Waals surface area contributed by atoms with Gasteiger partial charge in [0, 0.05) is 34.2 Å². The van der Waals surface area contributed by atoms with Gasteiger partial charge in [0.15, 0.2) is 0 Å². The molecule has 1 unspecified atom stereocenters. The molecular weight excluding hydrogens is 170 g/mol. The maximum absolute atomic E-state index is 11.1. The van der Waals surface area contributed by atoms with E-state index in [9.17, 15) is 4.21 Å². The summed E-state index contributed by atoms with van der Waals surface area (Å²) in [5.41, 5.74) is 2.49. The van der Waals surface area contributed by atoms with Crippen molar-refractivity contribution in [2.75, 3.05) is 18.1 Å². The summed E-state index contributed by atoms with van der Waals surface area (Å²) in [7, 11) is -0.861. The average Bonchev–Trinajstić information content (AvgIpc) is 2.49. The van der Waals surface area contributed by atoms with Crippen molar-refractivity contribution in [3.05, 3.63) is 23.8 Å². The molecule has 0 saturated heterocycles. The Bertz CT molecular complexity index is 335. The van der Waals surface area contributed by atoms with Crippen molar-refractivity contribution >= 4 is 16.5 Å². The van der Waals surface area contributed by atoms with Crippen LogP contribution in [0.1, 0.15) is 5.56 Å². The molecule has 3 heteroatoms. The lowest BCUT2D eigenvalue weighted by Gasteiger charge is -2.01. The maximum atomic E-state index is 11.1. The fraction of sp³-hybridized carbons (Fsp3) is 0.333. The third-order valence-electron chi connectivity index (χ3n) is 2.12. The number of fused-ring (bicyclic) bond motifs is 1. The first-order chi connectivity index (χ1) is 5.77. The van der Waals surface area contributed by atoms with Gasteiger partial charge >= 0.3 is 0 Å². The van der Waals surface area contributed by atoms with Crippen LogP contribution in [0.2, 0.25) is 0 Å². The second-order valence-corrected chi connectivity index (χ2v) is 4.33. The van der Waals surface area contributed by atoms with Crippen molar-refractivity contribution in [1.29, 1.82) is 0 Å². The molecule has 2 rings (SSSR count). The molecular formula is C9H11NOS. The first-order valence-corrected chi connectivity index (χ1v) is 5.53. The van der Waals surface area contributed by atoms with Crippen molar-refractivity contribution in [2.45, 2.75) is 11.3 Å². The lowest BCUT2D eigenvalue weighted by molar-refractivity contribution is 0.687. The van der Waals surface area contributed by atoms with Gasteiger partial charge < -0.3 is 5.32 Å². The van der Waals surface area contributed by atoms with Gasteiger partial charge in [-0.15, -0.1) is 0 Å². The average molecular weight is 181 g/mol. The summed E-state index contributed by atoms with van der Waals surface area (Å²) >= 11 is 0. The first-order valence-electron chi connectivity index (χ1n) is 3.97. The molecule has 0 aromatic heterocycles. The van der Waals surface area contributed by atoms with Crippen molar-refractivity contribution in [2.24, 2.45) is 0 Å². The summed E-state index contributed by atoms with van der Waals surface area (Å²) in [5.74, 6) is 0. The Morgan fingerprint density at radius 3 is 3.08 bits per heavy atom. The SMILES string of the molecule is CS(=O)c1ccc2c(c1)NCC2. The fourth-order valence-corrected chi connectivity index (χ4v) is 1.99. The summed E-state index contributed by atoms with van der Waals surface area (Å²) < 4.78 is 11.1. The van der Waals surface area contributed by atoms with Crippen LogP contribution in [-0.4, -0.2) is 17.0 Å². The van der Waals surface area contributed by atoms with Crippen LogP contribution in [0, 0.1) is 0 Å². The van der Waals surface area contributed by atoms with Crippen LogP contribution in [0.15, 0.2) is 23.1 Å². The van der Waals surface area contributed by atoms with E-state index in [-0.39, 0.29) is 0 Å². The van der Waals surface area contributed by atoms with Crippen molar-refractivity contribution in [3.8, 4) is 0 Å². The maximum Gasteiger partial charge on any atom is 0.0498 e. The smallest absolute Gasteiger partial charge is 0.0498 e. The minimum absolute atomic E-state index is 0.861. The molecule has 12 heavy (non-hydrogen) atoms. The molecule has 1 atom stereocenters. The highest BCUT2D eigenvalue weighted by Crippen LogP contribution is 2.24. The van der Waals surface area contributed by atoms with Gasteiger partial charge in [0.05, 0.1) is 0 Å². The zero-order chi connectivity index (χ0) is 8.55. The standard InChI is InChI=1S/C9H11NOS/c1-12(11)8-3-2-7-4-5-10-9(7)6-8/h2-3,6,10H,4-5H2,1H3. The third-order valence-corrected chi connectivity index (χ3v) is 3.04. The van der Waals surface area contributed by atoms with Gasteiger partial charge in [0.1, 0.15) is 0 Å². The molecule has 0 spiro atoms. The van der Waals surface area contributed by atoms with E-state index >= 15 is 0 Å². The Labute approximate surface area is 74.4 Å². The molecule has 0 fully saturated rings. The number of nitrogens with one attached hydrogen (secondary N) is 1. The number of benzene rings is 1. The summed E-state index contributed by atoms with van der Waals surface area (Å²) in [6, 6.07) is 5.99. The first kappa shape index (κ1) is 7.80. The lowest BCUT2D eigenvalue weighted by Crippen LogP contribution is -1.92. The van der Waals surface area contributed by atoms with E-state index in [1.165, 1.54) is 5.56 Å². The van der Waals surface area contributed by atoms with E-state index in [1.54, 1.807) is 6.26 Å². The van der Waals surface area contributed by atoms with Crippen molar-refractivity contribution in [1.82, 2.24) is 0 Å². The molecule has 0 aliphatic carbocycles. The van der Waals surface area contributed by atoms with Gasteiger partial charge in [-0.1, -0.05) is 6.07 Å². The fourth-order valence-electron chi connectivity index (χ4n) is 1.45. The predicted octanol–water partition coefficient (Wildman–Crippen LogP) is 1.39. The lowest BCUT2D eigenvalue weighted by atomic mass is 10.2. The zero-order valence-electron chi connectivity index (χ0n) is 6.96. The van der Waals surface area contributed by atoms with E-state index < -0.39 is 10.8 Å². The topological polar surface area (TPSA) is 29.1 Å². The summed E-state index contributed by atoms with van der Waals surface area (Å²) in [6.45, 7) is 1.01. The van der Waals surface area contributed by atoms with Gasteiger partial charge in [-0.25, -0.2) is 0 Å². The highest BCUT2D eigenvalue weighted by Gasteiger charge is 2.10. The Kier molecular flexibility index (Phi) is 1.89. The highest BCUT2D eigenvalue weighted by molar-refractivity contribution is 7.84. The monoisotopic (exact) mass is 181 g/mol. The number of hydrogen-bond donors (Lipinski definition) is 1. The molecule has 1 N–H and O–H groups in total. The Hall–Kier alpha value is -0.830. The molecule has 0 amide bonds. The van der Waals surface area contributed by atoms with E-state index in [0.29, 0.717) is 0 Å². The number of hydrogen-bond acceptors (Lipinski definition) is 2. The molecule has 1 aliphatic heterocycles. The quantitative estimate of drug-likeness (QED) is 0.709. The second kappa shape index (κ2) is 2.90. The van der Waals surface area contributed by atoms with E-state index in [0.717, 1.165) is 23.5 Å². The van der Waals surface area contributed by atoms with Crippen LogP contribution in [-0.2, 0) is 17.2 Å². The molecule has 0 saturated carbocycles. The van der Waals surface area contributed by atoms with Crippen molar-refractivity contribution in [3.63, 3.8) is 0 Å². The number of rotatable bonds is 1. The van der Waals surface area contributed by atoms with E-state index in [2.05, 4.69) is 11.4 Å². The molecule has 0 bridgehead atoms. The van der Waals surface area contributed by atoms with Gasteiger partial charge in [-0.2, -0.15) is 0 Å². The summed E-state index contributed by atoms with van der Waals surface area (Å²) in [6.07, 6.45) is 2.79. The molecule has 2 nitrogen and oxygen atoms in total. The predicted molar refractivity (Wildman–Crippen MR) is 51.0 cm³/mol. The van der Waals surface area contributed by atoms with Crippen molar-refractivity contribution < 1.29 is 4.21 Å². The summed E-state index contributed by atoms with van der Waals surface area (Å²) in [5, 5.41) is 3.26. The second-order valence-electron chi connectivity index (χ2n) is 2.95. The van der Waals surface area contributed by atoms with Crippen LogP contribution in [0.4, 0.5) is 5.69 Å². The van der Waals surface area contributed by atoms with Crippen LogP contribution in [0.5, 0.6) is 0 Å². The molecule has 1 aliphatic rings. The molecule has 0 radical (unpaired) electrons. The normalized spacial score (nSPS) is 16.8. The largest absolute Gasteiger partial charge is 0.384 e. The third kappa shape index (κ3) is 1.25. The highest BCUT2D eigenvalue weighted by atomic mass is 32.2. The van der Waals surface area contributed by atoms with Crippen LogP contribution in [0.3, 0.4) is 0 Å². The minimum atomic E-state index is -0.861. The Balaban J connectivity index is 2.45. The molecule has 1 aromatic rings. The molecule has 1 heterocycles. The van der Waals surface area contributed by atoms with E-state index in [1.807, 2.05) is 12.1 Å².